The Morgan fingerprint density at radius 1 is 1.32 bits per heavy atom. The number of nitrogens with zero attached hydrogens (tertiary/aromatic N) is 1. The number of benzene rings is 1. The molecule has 104 valence electrons. The first kappa shape index (κ1) is 14.4. The maximum Gasteiger partial charge on any atom is 0.256 e. The predicted octanol–water partition coefficient (Wildman–Crippen LogP) is 2.94. The molecular formula is C14H20N2O2S. The van der Waals surface area contributed by atoms with E-state index in [2.05, 4.69) is 10.3 Å². The fourth-order valence-corrected chi connectivity index (χ4v) is 2.42. The molecule has 0 radical (unpaired) electrons. The SMILES string of the molecule is CCOCCCNCCSc1nc2ccccc2o1. The molecule has 2 rings (SSSR count). The second-order valence-electron chi connectivity index (χ2n) is 4.10. The lowest BCUT2D eigenvalue weighted by Crippen LogP contribution is -2.19. The summed E-state index contributed by atoms with van der Waals surface area (Å²) in [6, 6.07) is 7.84. The van der Waals surface area contributed by atoms with E-state index in [4.69, 9.17) is 9.15 Å². The van der Waals surface area contributed by atoms with Crippen molar-refractivity contribution in [1.82, 2.24) is 10.3 Å². The van der Waals surface area contributed by atoms with Crippen LogP contribution in [0.2, 0.25) is 0 Å². The van der Waals surface area contributed by atoms with Gasteiger partial charge in [-0.2, -0.15) is 0 Å². The van der Waals surface area contributed by atoms with Gasteiger partial charge in [0.15, 0.2) is 5.58 Å². The lowest BCUT2D eigenvalue weighted by Gasteiger charge is -2.03. The molecule has 1 aromatic heterocycles. The van der Waals surface area contributed by atoms with Gasteiger partial charge in [0.2, 0.25) is 0 Å². The topological polar surface area (TPSA) is 47.3 Å². The van der Waals surface area contributed by atoms with Crippen LogP contribution in [0.5, 0.6) is 0 Å². The third-order valence-corrected chi connectivity index (χ3v) is 3.45. The molecule has 0 aliphatic heterocycles. The minimum Gasteiger partial charge on any atom is -0.431 e. The van der Waals surface area contributed by atoms with Crippen molar-refractivity contribution in [2.75, 3.05) is 32.1 Å². The first-order valence-electron chi connectivity index (χ1n) is 6.67. The smallest absolute Gasteiger partial charge is 0.256 e. The summed E-state index contributed by atoms with van der Waals surface area (Å²) in [5.74, 6) is 0.960. The Kier molecular flexibility index (Phi) is 6.20. The van der Waals surface area contributed by atoms with Gasteiger partial charge in [0.1, 0.15) is 5.52 Å². The highest BCUT2D eigenvalue weighted by atomic mass is 32.2. The van der Waals surface area contributed by atoms with E-state index < -0.39 is 0 Å². The van der Waals surface area contributed by atoms with Gasteiger partial charge in [-0.15, -0.1) is 0 Å². The molecule has 0 saturated carbocycles. The number of oxazole rings is 1. The molecule has 0 saturated heterocycles. The van der Waals surface area contributed by atoms with E-state index in [1.807, 2.05) is 31.2 Å². The van der Waals surface area contributed by atoms with Gasteiger partial charge in [0.25, 0.3) is 5.22 Å². The maximum atomic E-state index is 5.63. The molecule has 0 fully saturated rings. The molecule has 0 aliphatic carbocycles. The molecule has 4 nitrogen and oxygen atoms in total. The lowest BCUT2D eigenvalue weighted by molar-refractivity contribution is 0.145. The average molecular weight is 280 g/mol. The molecule has 1 heterocycles. The van der Waals surface area contributed by atoms with Gasteiger partial charge in [-0.1, -0.05) is 23.9 Å². The van der Waals surface area contributed by atoms with E-state index in [1.165, 1.54) is 0 Å². The number of nitrogens with one attached hydrogen (secondary N) is 1. The van der Waals surface area contributed by atoms with Crippen molar-refractivity contribution in [3.63, 3.8) is 0 Å². The Bertz CT molecular complexity index is 454. The van der Waals surface area contributed by atoms with Gasteiger partial charge in [-0.05, 0) is 32.0 Å². The molecule has 2 aromatic rings. The summed E-state index contributed by atoms with van der Waals surface area (Å²) < 4.78 is 10.9. The van der Waals surface area contributed by atoms with E-state index in [-0.39, 0.29) is 0 Å². The van der Waals surface area contributed by atoms with E-state index in [1.54, 1.807) is 11.8 Å². The summed E-state index contributed by atoms with van der Waals surface area (Å²) in [5.41, 5.74) is 1.78. The minimum absolute atomic E-state index is 0.748. The number of fused-ring (bicyclic) bond motifs is 1. The zero-order valence-electron chi connectivity index (χ0n) is 11.2. The van der Waals surface area contributed by atoms with E-state index in [0.717, 1.165) is 54.8 Å². The predicted molar refractivity (Wildman–Crippen MR) is 78.7 cm³/mol. The molecular weight excluding hydrogens is 260 g/mol. The number of para-hydroxylation sites is 2. The van der Waals surface area contributed by atoms with Crippen molar-refractivity contribution in [2.45, 2.75) is 18.6 Å². The molecule has 0 atom stereocenters. The Labute approximate surface area is 117 Å². The fraction of sp³-hybridized carbons (Fsp3) is 0.500. The highest BCUT2D eigenvalue weighted by Gasteiger charge is 2.04. The zero-order chi connectivity index (χ0) is 13.3. The highest BCUT2D eigenvalue weighted by Crippen LogP contribution is 2.22. The summed E-state index contributed by atoms with van der Waals surface area (Å²) in [6.07, 6.45) is 1.06. The first-order valence-corrected chi connectivity index (χ1v) is 7.65. The number of rotatable bonds is 9. The third-order valence-electron chi connectivity index (χ3n) is 2.62. The largest absolute Gasteiger partial charge is 0.431 e. The normalized spacial score (nSPS) is 11.2. The van der Waals surface area contributed by atoms with Crippen molar-refractivity contribution in [2.24, 2.45) is 0 Å². The number of ether oxygens (including phenoxy) is 1. The molecule has 0 aliphatic rings. The molecule has 1 N–H and O–H groups in total. The lowest BCUT2D eigenvalue weighted by atomic mass is 10.3. The van der Waals surface area contributed by atoms with Crippen LogP contribution in [0, 0.1) is 0 Å². The van der Waals surface area contributed by atoms with Crippen molar-refractivity contribution in [3.8, 4) is 0 Å². The van der Waals surface area contributed by atoms with E-state index in [9.17, 15) is 0 Å². The maximum absolute atomic E-state index is 5.63. The number of thioether (sulfide) groups is 1. The highest BCUT2D eigenvalue weighted by molar-refractivity contribution is 7.99. The number of hydrogen-bond donors (Lipinski definition) is 1. The Morgan fingerprint density at radius 2 is 2.21 bits per heavy atom. The number of hydrogen-bond acceptors (Lipinski definition) is 5. The van der Waals surface area contributed by atoms with Crippen LogP contribution in [0.25, 0.3) is 11.1 Å². The molecule has 5 heteroatoms. The van der Waals surface area contributed by atoms with Gasteiger partial charge in [0, 0.05) is 25.5 Å². The summed E-state index contributed by atoms with van der Waals surface area (Å²) >= 11 is 1.64. The van der Waals surface area contributed by atoms with Crippen molar-refractivity contribution in [3.05, 3.63) is 24.3 Å². The standard InChI is InChI=1S/C14H20N2O2S/c1-2-17-10-5-8-15-9-11-19-14-16-12-6-3-4-7-13(12)18-14/h3-4,6-7,15H,2,5,8-11H2,1H3. The molecule has 19 heavy (non-hydrogen) atoms. The van der Waals surface area contributed by atoms with Crippen LogP contribution >= 0.6 is 11.8 Å². The first-order chi connectivity index (χ1) is 9.40. The van der Waals surface area contributed by atoms with E-state index in [0.29, 0.717) is 0 Å². The summed E-state index contributed by atoms with van der Waals surface area (Å²) in [4.78, 5) is 4.42. The van der Waals surface area contributed by atoms with Gasteiger partial charge in [-0.3, -0.25) is 0 Å². The van der Waals surface area contributed by atoms with E-state index >= 15 is 0 Å². The molecule has 0 bridgehead atoms. The van der Waals surface area contributed by atoms with Crippen molar-refractivity contribution < 1.29 is 9.15 Å². The van der Waals surface area contributed by atoms with Gasteiger partial charge >= 0.3 is 0 Å². The quantitative estimate of drug-likeness (QED) is 0.565. The van der Waals surface area contributed by atoms with Crippen molar-refractivity contribution in [1.29, 1.82) is 0 Å². The zero-order valence-corrected chi connectivity index (χ0v) is 12.0. The Balaban J connectivity index is 1.60. The summed E-state index contributed by atoms with van der Waals surface area (Å²) in [6.45, 7) is 5.60. The van der Waals surface area contributed by atoms with Crippen molar-refractivity contribution >= 4 is 22.9 Å². The van der Waals surface area contributed by atoms with Crippen LogP contribution < -0.4 is 5.32 Å². The second-order valence-corrected chi connectivity index (χ2v) is 5.14. The second kappa shape index (κ2) is 8.19. The summed E-state index contributed by atoms with van der Waals surface area (Å²) in [7, 11) is 0. The monoisotopic (exact) mass is 280 g/mol. The van der Waals surface area contributed by atoms with Crippen LogP contribution in [0.4, 0.5) is 0 Å². The van der Waals surface area contributed by atoms with Crippen LogP contribution in [0.15, 0.2) is 33.9 Å². The van der Waals surface area contributed by atoms with Gasteiger partial charge in [0.05, 0.1) is 0 Å². The Morgan fingerprint density at radius 3 is 3.05 bits per heavy atom. The molecule has 0 unspecified atom stereocenters. The van der Waals surface area contributed by atoms with Crippen LogP contribution in [0.1, 0.15) is 13.3 Å². The fourth-order valence-electron chi connectivity index (χ4n) is 1.69. The molecule has 0 spiro atoms. The summed E-state index contributed by atoms with van der Waals surface area (Å²) in [5, 5.41) is 4.13. The third kappa shape index (κ3) is 4.86. The molecule has 0 amide bonds. The van der Waals surface area contributed by atoms with Gasteiger partial charge < -0.3 is 14.5 Å². The van der Waals surface area contributed by atoms with Crippen LogP contribution in [-0.4, -0.2) is 37.0 Å². The minimum atomic E-state index is 0.748. The molecule has 1 aromatic carbocycles. The van der Waals surface area contributed by atoms with Gasteiger partial charge in [-0.25, -0.2) is 4.98 Å². The Hall–Kier alpha value is -1.04. The van der Waals surface area contributed by atoms with Crippen LogP contribution in [0.3, 0.4) is 0 Å². The number of aromatic nitrogens is 1. The average Bonchev–Trinajstić information content (AvgIpc) is 2.84. The van der Waals surface area contributed by atoms with Crippen LogP contribution in [-0.2, 0) is 4.74 Å².